The Morgan fingerprint density at radius 3 is 2.65 bits per heavy atom. The summed E-state index contributed by atoms with van der Waals surface area (Å²) in [7, 11) is 0. The van der Waals surface area contributed by atoms with Crippen molar-refractivity contribution in [1.29, 1.82) is 5.26 Å². The Bertz CT molecular complexity index is 581. The fourth-order valence-corrected chi connectivity index (χ4v) is 2.47. The SMILES string of the molecule is CCN(C(C)=O)c1nc(/C=C(/C#N)C(=O)C(C)C)cs1. The molecule has 0 aromatic carbocycles. The molecular formula is C14H17N3O2S. The van der Waals surface area contributed by atoms with Crippen LogP contribution < -0.4 is 4.90 Å². The molecule has 1 amide bonds. The van der Waals surface area contributed by atoms with Crippen LogP contribution in [0.1, 0.15) is 33.4 Å². The number of thiazole rings is 1. The van der Waals surface area contributed by atoms with Gasteiger partial charge in [0.25, 0.3) is 0 Å². The van der Waals surface area contributed by atoms with Gasteiger partial charge in [-0.2, -0.15) is 5.26 Å². The van der Waals surface area contributed by atoms with Crippen molar-refractivity contribution in [3.63, 3.8) is 0 Å². The number of rotatable bonds is 5. The molecule has 1 aromatic heterocycles. The first kappa shape index (κ1) is 16.1. The van der Waals surface area contributed by atoms with Crippen LogP contribution in [0.25, 0.3) is 6.08 Å². The Labute approximate surface area is 122 Å². The van der Waals surface area contributed by atoms with Gasteiger partial charge in [0.2, 0.25) is 5.91 Å². The number of carbonyl (C=O) groups is 2. The second-order valence-corrected chi connectivity index (χ2v) is 5.34. The normalized spacial score (nSPS) is 11.3. The summed E-state index contributed by atoms with van der Waals surface area (Å²) in [5.41, 5.74) is 0.609. The summed E-state index contributed by atoms with van der Waals surface area (Å²) < 4.78 is 0. The van der Waals surface area contributed by atoms with E-state index in [1.54, 1.807) is 24.1 Å². The molecule has 0 radical (unpaired) electrons. The minimum Gasteiger partial charge on any atom is -0.293 e. The van der Waals surface area contributed by atoms with Gasteiger partial charge >= 0.3 is 0 Å². The van der Waals surface area contributed by atoms with Gasteiger partial charge in [-0.25, -0.2) is 4.98 Å². The van der Waals surface area contributed by atoms with E-state index in [2.05, 4.69) is 4.98 Å². The van der Waals surface area contributed by atoms with Gasteiger partial charge in [0.05, 0.1) is 11.3 Å². The topological polar surface area (TPSA) is 74.1 Å². The molecule has 0 bridgehead atoms. The number of Topliss-reactive ketones (excluding diaryl/α,β-unsaturated/α-hetero) is 1. The Hall–Kier alpha value is -2.00. The number of amides is 1. The van der Waals surface area contributed by atoms with Crippen molar-refractivity contribution in [3.8, 4) is 6.07 Å². The van der Waals surface area contributed by atoms with E-state index in [4.69, 9.17) is 5.26 Å². The van der Waals surface area contributed by atoms with E-state index in [1.807, 2.05) is 13.0 Å². The third-order valence-corrected chi connectivity index (χ3v) is 3.52. The minimum absolute atomic E-state index is 0.0859. The summed E-state index contributed by atoms with van der Waals surface area (Å²) in [4.78, 5) is 29.1. The van der Waals surface area contributed by atoms with E-state index in [9.17, 15) is 9.59 Å². The smallest absolute Gasteiger partial charge is 0.225 e. The van der Waals surface area contributed by atoms with Gasteiger partial charge < -0.3 is 0 Å². The fourth-order valence-electron chi connectivity index (χ4n) is 1.58. The zero-order valence-electron chi connectivity index (χ0n) is 12.0. The van der Waals surface area contributed by atoms with Gasteiger partial charge in [0.1, 0.15) is 6.07 Å². The first-order valence-electron chi connectivity index (χ1n) is 6.30. The summed E-state index contributed by atoms with van der Waals surface area (Å²) in [6, 6.07) is 1.90. The van der Waals surface area contributed by atoms with Crippen molar-refractivity contribution in [2.45, 2.75) is 27.7 Å². The first-order valence-corrected chi connectivity index (χ1v) is 7.18. The van der Waals surface area contributed by atoms with Gasteiger partial charge in [-0.1, -0.05) is 13.8 Å². The van der Waals surface area contributed by atoms with Crippen molar-refractivity contribution in [2.75, 3.05) is 11.4 Å². The zero-order valence-corrected chi connectivity index (χ0v) is 12.8. The van der Waals surface area contributed by atoms with Crippen LogP contribution in [0.2, 0.25) is 0 Å². The van der Waals surface area contributed by atoms with Crippen LogP contribution in [0.4, 0.5) is 5.13 Å². The summed E-state index contributed by atoms with van der Waals surface area (Å²) in [5.74, 6) is -0.527. The second kappa shape index (κ2) is 6.96. The van der Waals surface area contributed by atoms with E-state index in [-0.39, 0.29) is 23.2 Å². The molecule has 0 aliphatic heterocycles. The lowest BCUT2D eigenvalue weighted by atomic mass is 10.0. The van der Waals surface area contributed by atoms with Crippen molar-refractivity contribution in [2.24, 2.45) is 5.92 Å². The Balaban J connectivity index is 3.06. The lowest BCUT2D eigenvalue weighted by molar-refractivity contribution is -0.118. The summed E-state index contributed by atoms with van der Waals surface area (Å²) in [6.07, 6.45) is 1.47. The highest BCUT2D eigenvalue weighted by Gasteiger charge is 2.16. The molecule has 1 rings (SSSR count). The lowest BCUT2D eigenvalue weighted by Crippen LogP contribution is -2.27. The van der Waals surface area contributed by atoms with Crippen LogP contribution in [-0.4, -0.2) is 23.2 Å². The Morgan fingerprint density at radius 1 is 1.55 bits per heavy atom. The number of hydrogen-bond donors (Lipinski definition) is 0. The maximum atomic E-state index is 11.8. The second-order valence-electron chi connectivity index (χ2n) is 4.51. The van der Waals surface area contributed by atoms with Crippen LogP contribution in [0, 0.1) is 17.2 Å². The molecule has 1 heterocycles. The van der Waals surface area contributed by atoms with E-state index < -0.39 is 0 Å². The van der Waals surface area contributed by atoms with Crippen LogP contribution in [0.5, 0.6) is 0 Å². The first-order chi connectivity index (χ1) is 9.40. The summed E-state index contributed by atoms with van der Waals surface area (Å²) >= 11 is 1.31. The number of hydrogen-bond acceptors (Lipinski definition) is 5. The highest BCUT2D eigenvalue weighted by atomic mass is 32.1. The average Bonchev–Trinajstić information content (AvgIpc) is 2.83. The van der Waals surface area contributed by atoms with E-state index in [0.29, 0.717) is 17.4 Å². The van der Waals surface area contributed by atoms with Crippen molar-refractivity contribution in [1.82, 2.24) is 4.98 Å². The predicted octanol–water partition coefficient (Wildman–Crippen LogP) is 2.65. The molecular weight excluding hydrogens is 274 g/mol. The van der Waals surface area contributed by atoms with Crippen LogP contribution in [0.3, 0.4) is 0 Å². The third kappa shape index (κ3) is 3.75. The number of nitriles is 1. The van der Waals surface area contributed by atoms with Gasteiger partial charge in [-0.3, -0.25) is 14.5 Å². The van der Waals surface area contributed by atoms with Crippen molar-refractivity contribution >= 4 is 34.2 Å². The number of ketones is 1. The monoisotopic (exact) mass is 291 g/mol. The molecule has 106 valence electrons. The maximum absolute atomic E-state index is 11.8. The molecule has 0 unspecified atom stereocenters. The lowest BCUT2D eigenvalue weighted by Gasteiger charge is -2.14. The molecule has 0 saturated carbocycles. The number of carbonyl (C=O) groups excluding carboxylic acids is 2. The Morgan fingerprint density at radius 2 is 2.20 bits per heavy atom. The maximum Gasteiger partial charge on any atom is 0.225 e. The standard InChI is InChI=1S/C14H17N3O2S/c1-5-17(10(4)18)14-16-12(8-20-14)6-11(7-15)13(19)9(2)3/h6,8-9H,5H2,1-4H3/b11-6-. The quantitative estimate of drug-likeness (QED) is 0.617. The van der Waals surface area contributed by atoms with Crippen molar-refractivity contribution in [3.05, 3.63) is 16.6 Å². The molecule has 0 atom stereocenters. The molecule has 6 heteroatoms. The van der Waals surface area contributed by atoms with Gasteiger partial charge in [-0.05, 0) is 13.0 Å². The van der Waals surface area contributed by atoms with Crippen LogP contribution >= 0.6 is 11.3 Å². The Kier molecular flexibility index (Phi) is 5.59. The highest BCUT2D eigenvalue weighted by molar-refractivity contribution is 7.14. The third-order valence-electron chi connectivity index (χ3n) is 2.64. The van der Waals surface area contributed by atoms with Crippen LogP contribution in [0.15, 0.2) is 11.0 Å². The van der Waals surface area contributed by atoms with Gasteiger partial charge in [-0.15, -0.1) is 11.3 Å². The highest BCUT2D eigenvalue weighted by Crippen LogP contribution is 2.22. The molecule has 0 aliphatic carbocycles. The molecule has 1 aromatic rings. The van der Waals surface area contributed by atoms with E-state index in [0.717, 1.165) is 0 Å². The largest absolute Gasteiger partial charge is 0.293 e. The number of aromatic nitrogens is 1. The molecule has 0 saturated heterocycles. The predicted molar refractivity (Wildman–Crippen MR) is 79.3 cm³/mol. The van der Waals surface area contributed by atoms with E-state index in [1.165, 1.54) is 24.3 Å². The number of allylic oxidation sites excluding steroid dienone is 1. The van der Waals surface area contributed by atoms with Gasteiger partial charge in [0, 0.05) is 24.8 Å². The molecule has 0 N–H and O–H groups in total. The number of anilines is 1. The minimum atomic E-state index is -0.233. The summed E-state index contributed by atoms with van der Waals surface area (Å²) in [5, 5.41) is 11.3. The molecule has 0 aliphatic rings. The molecule has 20 heavy (non-hydrogen) atoms. The zero-order chi connectivity index (χ0) is 15.3. The molecule has 0 fully saturated rings. The van der Waals surface area contributed by atoms with Crippen LogP contribution in [-0.2, 0) is 9.59 Å². The summed E-state index contributed by atoms with van der Waals surface area (Å²) in [6.45, 7) is 7.36. The van der Waals surface area contributed by atoms with Gasteiger partial charge in [0.15, 0.2) is 10.9 Å². The average molecular weight is 291 g/mol. The van der Waals surface area contributed by atoms with Crippen molar-refractivity contribution < 1.29 is 9.59 Å². The molecule has 0 spiro atoms. The fraction of sp³-hybridized carbons (Fsp3) is 0.429. The van der Waals surface area contributed by atoms with E-state index >= 15 is 0 Å². The number of nitrogens with zero attached hydrogens (tertiary/aromatic N) is 3. The molecule has 5 nitrogen and oxygen atoms in total.